The largest absolute Gasteiger partial charge is 0.336 e. The first kappa shape index (κ1) is 13.1. The third-order valence-electron chi connectivity index (χ3n) is 3.19. The lowest BCUT2D eigenvalue weighted by Gasteiger charge is -2.17. The lowest BCUT2D eigenvalue weighted by atomic mass is 10.0. The summed E-state index contributed by atoms with van der Waals surface area (Å²) < 4.78 is 2.03. The Morgan fingerprint density at radius 2 is 2.22 bits per heavy atom. The molecule has 2 rings (SSSR count). The van der Waals surface area contributed by atoms with E-state index in [4.69, 9.17) is 11.6 Å². The molecule has 0 bridgehead atoms. The van der Waals surface area contributed by atoms with Gasteiger partial charge in [-0.25, -0.2) is 4.98 Å². The maximum absolute atomic E-state index is 6.28. The van der Waals surface area contributed by atoms with Gasteiger partial charge in [-0.05, 0) is 37.6 Å². The first-order valence-corrected chi connectivity index (χ1v) is 6.38. The second-order valence-corrected chi connectivity index (χ2v) is 4.98. The fourth-order valence-electron chi connectivity index (χ4n) is 2.10. The van der Waals surface area contributed by atoms with Crippen LogP contribution < -0.4 is 5.32 Å². The summed E-state index contributed by atoms with van der Waals surface area (Å²) in [5, 5.41) is 4.15. The van der Waals surface area contributed by atoms with E-state index in [1.807, 2.05) is 44.2 Å². The number of benzene rings is 1. The number of likely N-dealkylation sites (N-methyl/N-ethyl adjacent to an activating group) is 1. The molecule has 1 unspecified atom stereocenters. The molecule has 0 amide bonds. The van der Waals surface area contributed by atoms with E-state index in [1.165, 1.54) is 5.56 Å². The normalized spacial score (nSPS) is 12.7. The Bertz CT molecular complexity index is 534. The van der Waals surface area contributed by atoms with E-state index in [1.54, 1.807) is 0 Å². The molecule has 1 heterocycles. The second-order valence-electron chi connectivity index (χ2n) is 4.57. The van der Waals surface area contributed by atoms with Crippen molar-refractivity contribution in [1.29, 1.82) is 0 Å². The van der Waals surface area contributed by atoms with E-state index in [2.05, 4.69) is 22.4 Å². The summed E-state index contributed by atoms with van der Waals surface area (Å²) in [4.78, 5) is 4.16. The predicted octanol–water partition coefficient (Wildman–Crippen LogP) is 2.89. The van der Waals surface area contributed by atoms with Crippen LogP contribution in [0, 0.1) is 6.92 Å². The standard InChI is InChI=1S/C14H18ClN3/c1-10-4-5-11(12(15)6-10)7-13(16-2)14-8-17-9-18(14)3/h4-6,8-9,13,16H,7H2,1-3H3. The summed E-state index contributed by atoms with van der Waals surface area (Å²) in [7, 11) is 3.96. The van der Waals surface area contributed by atoms with Crippen molar-refractivity contribution in [3.63, 3.8) is 0 Å². The third kappa shape index (κ3) is 2.74. The average molecular weight is 264 g/mol. The molecule has 0 radical (unpaired) electrons. The Hall–Kier alpha value is -1.32. The molecule has 1 N–H and O–H groups in total. The summed E-state index contributed by atoms with van der Waals surface area (Å²) in [6, 6.07) is 6.42. The highest BCUT2D eigenvalue weighted by molar-refractivity contribution is 6.31. The minimum atomic E-state index is 0.220. The number of rotatable bonds is 4. The highest BCUT2D eigenvalue weighted by atomic mass is 35.5. The molecule has 4 heteroatoms. The molecule has 0 aliphatic heterocycles. The van der Waals surface area contributed by atoms with Gasteiger partial charge in [-0.2, -0.15) is 0 Å². The van der Waals surface area contributed by atoms with Crippen LogP contribution in [0.25, 0.3) is 0 Å². The lowest BCUT2D eigenvalue weighted by molar-refractivity contribution is 0.555. The zero-order valence-corrected chi connectivity index (χ0v) is 11.7. The molecular formula is C14H18ClN3. The van der Waals surface area contributed by atoms with E-state index in [0.29, 0.717) is 0 Å². The van der Waals surface area contributed by atoms with Crippen LogP contribution >= 0.6 is 11.6 Å². The third-order valence-corrected chi connectivity index (χ3v) is 3.54. The summed E-state index contributed by atoms with van der Waals surface area (Å²) in [6.07, 6.45) is 4.56. The molecule has 18 heavy (non-hydrogen) atoms. The van der Waals surface area contributed by atoms with Gasteiger partial charge in [0.25, 0.3) is 0 Å². The first-order valence-electron chi connectivity index (χ1n) is 6.00. The fraction of sp³-hybridized carbons (Fsp3) is 0.357. The summed E-state index contributed by atoms with van der Waals surface area (Å²) in [5.41, 5.74) is 3.50. The van der Waals surface area contributed by atoms with Crippen LogP contribution in [-0.2, 0) is 13.5 Å². The molecule has 96 valence electrons. The van der Waals surface area contributed by atoms with Crippen molar-refractivity contribution in [2.45, 2.75) is 19.4 Å². The number of hydrogen-bond donors (Lipinski definition) is 1. The van der Waals surface area contributed by atoms with Crippen molar-refractivity contribution in [2.24, 2.45) is 7.05 Å². The van der Waals surface area contributed by atoms with Gasteiger partial charge in [-0.1, -0.05) is 23.7 Å². The molecule has 3 nitrogen and oxygen atoms in total. The topological polar surface area (TPSA) is 29.9 Å². The highest BCUT2D eigenvalue weighted by Crippen LogP contribution is 2.24. The van der Waals surface area contributed by atoms with Gasteiger partial charge in [0.05, 0.1) is 18.1 Å². The molecule has 1 aromatic carbocycles. The van der Waals surface area contributed by atoms with Crippen molar-refractivity contribution in [3.05, 3.63) is 52.6 Å². The first-order chi connectivity index (χ1) is 8.61. The summed E-state index contributed by atoms with van der Waals surface area (Å²) in [5.74, 6) is 0. The number of imidazole rings is 1. The van der Waals surface area contributed by atoms with E-state index in [-0.39, 0.29) is 6.04 Å². The van der Waals surface area contributed by atoms with Crippen LogP contribution in [0.15, 0.2) is 30.7 Å². The van der Waals surface area contributed by atoms with Crippen LogP contribution in [0.4, 0.5) is 0 Å². The lowest BCUT2D eigenvalue weighted by Crippen LogP contribution is -2.21. The Balaban J connectivity index is 2.23. The van der Waals surface area contributed by atoms with Crippen LogP contribution in [0.3, 0.4) is 0 Å². The maximum Gasteiger partial charge on any atom is 0.0946 e. The van der Waals surface area contributed by atoms with Gasteiger partial charge in [0.1, 0.15) is 0 Å². The molecule has 0 aliphatic carbocycles. The molecule has 1 atom stereocenters. The van der Waals surface area contributed by atoms with Gasteiger partial charge >= 0.3 is 0 Å². The molecule has 0 aliphatic rings. The van der Waals surface area contributed by atoms with Gasteiger partial charge in [0.2, 0.25) is 0 Å². The van der Waals surface area contributed by atoms with Crippen molar-refractivity contribution in [1.82, 2.24) is 14.9 Å². The van der Waals surface area contributed by atoms with Gasteiger partial charge in [0.15, 0.2) is 0 Å². The Morgan fingerprint density at radius 1 is 1.44 bits per heavy atom. The number of hydrogen-bond acceptors (Lipinski definition) is 2. The smallest absolute Gasteiger partial charge is 0.0946 e. The molecule has 0 saturated carbocycles. The SMILES string of the molecule is CNC(Cc1ccc(C)cc1Cl)c1cncn1C. The van der Waals surface area contributed by atoms with Crippen LogP contribution in [-0.4, -0.2) is 16.6 Å². The van der Waals surface area contributed by atoms with Crippen LogP contribution in [0.1, 0.15) is 22.9 Å². The number of nitrogens with zero attached hydrogens (tertiary/aromatic N) is 2. The van der Waals surface area contributed by atoms with Gasteiger partial charge in [-0.3, -0.25) is 0 Å². The number of aryl methyl sites for hydroxylation is 2. The minimum absolute atomic E-state index is 0.220. The Morgan fingerprint density at radius 3 is 2.78 bits per heavy atom. The predicted molar refractivity (Wildman–Crippen MR) is 74.9 cm³/mol. The van der Waals surface area contributed by atoms with Gasteiger partial charge < -0.3 is 9.88 Å². The van der Waals surface area contributed by atoms with Gasteiger partial charge in [0, 0.05) is 18.3 Å². The number of halogens is 1. The quantitative estimate of drug-likeness (QED) is 0.919. The molecule has 0 saturated heterocycles. The van der Waals surface area contributed by atoms with Crippen LogP contribution in [0.5, 0.6) is 0 Å². The molecule has 1 aromatic heterocycles. The average Bonchev–Trinajstić information content (AvgIpc) is 2.75. The monoisotopic (exact) mass is 263 g/mol. The van der Waals surface area contributed by atoms with E-state index in [0.717, 1.165) is 22.7 Å². The Kier molecular flexibility index (Phi) is 4.04. The van der Waals surface area contributed by atoms with E-state index in [9.17, 15) is 0 Å². The van der Waals surface area contributed by atoms with Crippen molar-refractivity contribution >= 4 is 11.6 Å². The molecular weight excluding hydrogens is 246 g/mol. The fourth-order valence-corrected chi connectivity index (χ4v) is 2.41. The van der Waals surface area contributed by atoms with Gasteiger partial charge in [-0.15, -0.1) is 0 Å². The highest BCUT2D eigenvalue weighted by Gasteiger charge is 2.15. The van der Waals surface area contributed by atoms with E-state index >= 15 is 0 Å². The number of aromatic nitrogens is 2. The zero-order valence-electron chi connectivity index (χ0n) is 10.9. The zero-order chi connectivity index (χ0) is 13.1. The van der Waals surface area contributed by atoms with Crippen molar-refractivity contribution in [2.75, 3.05) is 7.05 Å². The minimum Gasteiger partial charge on any atom is -0.336 e. The van der Waals surface area contributed by atoms with Crippen molar-refractivity contribution < 1.29 is 0 Å². The Labute approximate surface area is 113 Å². The molecule has 0 spiro atoms. The molecule has 2 aromatic rings. The molecule has 0 fully saturated rings. The van der Waals surface area contributed by atoms with Crippen LogP contribution in [0.2, 0.25) is 5.02 Å². The summed E-state index contributed by atoms with van der Waals surface area (Å²) in [6.45, 7) is 2.05. The maximum atomic E-state index is 6.28. The summed E-state index contributed by atoms with van der Waals surface area (Å²) >= 11 is 6.28. The van der Waals surface area contributed by atoms with E-state index < -0.39 is 0 Å². The van der Waals surface area contributed by atoms with Crippen molar-refractivity contribution in [3.8, 4) is 0 Å². The second kappa shape index (κ2) is 5.55. The number of nitrogens with one attached hydrogen (secondary N) is 1.